The highest BCUT2D eigenvalue weighted by Gasteiger charge is 2.18. The van der Waals surface area contributed by atoms with Crippen LogP contribution in [0.25, 0.3) is 0 Å². The second-order valence-corrected chi connectivity index (χ2v) is 5.25. The molecule has 3 nitrogen and oxygen atoms in total. The number of rotatable bonds is 5. The molecule has 0 spiro atoms. The summed E-state index contributed by atoms with van der Waals surface area (Å²) in [6.45, 7) is 4.09. The Hall–Kier alpha value is -0.220. The molecule has 4 heteroatoms. The molecule has 1 heterocycles. The monoisotopic (exact) mass is 230 g/mol. The SMILES string of the molecule is CCCCN(C)C(=O)CC1CSCCN1. The normalized spacial score (nSPS) is 21.3. The van der Waals surface area contributed by atoms with Crippen LogP contribution in [0.1, 0.15) is 26.2 Å². The first kappa shape index (κ1) is 12.8. The van der Waals surface area contributed by atoms with Crippen LogP contribution in [0, 0.1) is 0 Å². The maximum absolute atomic E-state index is 11.8. The van der Waals surface area contributed by atoms with Crippen molar-refractivity contribution in [1.82, 2.24) is 10.2 Å². The summed E-state index contributed by atoms with van der Waals surface area (Å²) in [5, 5.41) is 3.39. The standard InChI is InChI=1S/C11H22N2OS/c1-3-4-6-13(2)11(14)8-10-9-15-7-5-12-10/h10,12H,3-9H2,1-2H3. The molecule has 1 N–H and O–H groups in total. The van der Waals surface area contributed by atoms with Crippen molar-refractivity contribution in [1.29, 1.82) is 0 Å². The van der Waals surface area contributed by atoms with Crippen molar-refractivity contribution in [2.24, 2.45) is 0 Å². The molecule has 0 radical (unpaired) electrons. The van der Waals surface area contributed by atoms with Crippen LogP contribution in [0.5, 0.6) is 0 Å². The van der Waals surface area contributed by atoms with E-state index in [9.17, 15) is 4.79 Å². The number of nitrogens with one attached hydrogen (secondary N) is 1. The van der Waals surface area contributed by atoms with Gasteiger partial charge >= 0.3 is 0 Å². The topological polar surface area (TPSA) is 32.3 Å². The first-order chi connectivity index (χ1) is 7.24. The van der Waals surface area contributed by atoms with E-state index >= 15 is 0 Å². The molecule has 15 heavy (non-hydrogen) atoms. The molecule has 1 rings (SSSR count). The smallest absolute Gasteiger partial charge is 0.223 e. The Morgan fingerprint density at radius 1 is 1.60 bits per heavy atom. The van der Waals surface area contributed by atoms with Crippen LogP contribution in [0.4, 0.5) is 0 Å². The molecule has 1 amide bonds. The number of thioether (sulfide) groups is 1. The van der Waals surface area contributed by atoms with Crippen LogP contribution in [0.2, 0.25) is 0 Å². The van der Waals surface area contributed by atoms with Crippen molar-refractivity contribution >= 4 is 17.7 Å². The van der Waals surface area contributed by atoms with Crippen LogP contribution in [0.3, 0.4) is 0 Å². The van der Waals surface area contributed by atoms with Crippen LogP contribution in [-0.2, 0) is 4.79 Å². The van der Waals surface area contributed by atoms with E-state index in [1.807, 2.05) is 23.7 Å². The fraction of sp³-hybridized carbons (Fsp3) is 0.909. The van der Waals surface area contributed by atoms with E-state index in [1.165, 1.54) is 5.75 Å². The zero-order chi connectivity index (χ0) is 11.1. The van der Waals surface area contributed by atoms with E-state index in [4.69, 9.17) is 0 Å². The van der Waals surface area contributed by atoms with Gasteiger partial charge in [-0.05, 0) is 6.42 Å². The quantitative estimate of drug-likeness (QED) is 0.773. The molecule has 88 valence electrons. The van der Waals surface area contributed by atoms with Gasteiger partial charge < -0.3 is 10.2 Å². The van der Waals surface area contributed by atoms with E-state index in [1.54, 1.807) is 0 Å². The summed E-state index contributed by atoms with van der Waals surface area (Å²) < 4.78 is 0. The van der Waals surface area contributed by atoms with Gasteiger partial charge in [0.1, 0.15) is 0 Å². The Kier molecular flexibility index (Phi) is 6.10. The predicted octanol–water partition coefficient (Wildman–Crippen LogP) is 1.34. The minimum absolute atomic E-state index is 0.281. The van der Waals surface area contributed by atoms with Crippen molar-refractivity contribution in [3.05, 3.63) is 0 Å². The van der Waals surface area contributed by atoms with E-state index in [2.05, 4.69) is 12.2 Å². The highest BCUT2D eigenvalue weighted by Crippen LogP contribution is 2.11. The van der Waals surface area contributed by atoms with Crippen LogP contribution >= 0.6 is 11.8 Å². The third-order valence-electron chi connectivity index (χ3n) is 2.69. The Labute approximate surface area is 97.0 Å². The minimum Gasteiger partial charge on any atom is -0.346 e. The molecular formula is C11H22N2OS. The van der Waals surface area contributed by atoms with Gasteiger partial charge in [-0.15, -0.1) is 0 Å². The molecule has 1 aliphatic rings. The molecule has 1 saturated heterocycles. The fourth-order valence-electron chi connectivity index (χ4n) is 1.64. The van der Waals surface area contributed by atoms with Gasteiger partial charge in [0.2, 0.25) is 5.91 Å². The maximum Gasteiger partial charge on any atom is 0.223 e. The lowest BCUT2D eigenvalue weighted by atomic mass is 10.2. The highest BCUT2D eigenvalue weighted by molar-refractivity contribution is 7.99. The van der Waals surface area contributed by atoms with E-state index in [-0.39, 0.29) is 5.91 Å². The van der Waals surface area contributed by atoms with Crippen LogP contribution in [-0.4, -0.2) is 48.5 Å². The molecule has 0 aromatic heterocycles. The average Bonchev–Trinajstić information content (AvgIpc) is 2.27. The second kappa shape index (κ2) is 7.12. The van der Waals surface area contributed by atoms with Crippen LogP contribution < -0.4 is 5.32 Å². The Morgan fingerprint density at radius 2 is 2.40 bits per heavy atom. The van der Waals surface area contributed by atoms with Gasteiger partial charge in [-0.1, -0.05) is 13.3 Å². The first-order valence-corrected chi connectivity index (χ1v) is 6.94. The van der Waals surface area contributed by atoms with E-state index in [0.29, 0.717) is 12.5 Å². The largest absolute Gasteiger partial charge is 0.346 e. The molecule has 1 atom stereocenters. The number of unbranched alkanes of at least 4 members (excludes halogenated alkanes) is 1. The van der Waals surface area contributed by atoms with Gasteiger partial charge in [0, 0.05) is 44.1 Å². The Balaban J connectivity index is 2.20. The zero-order valence-electron chi connectivity index (χ0n) is 9.79. The summed E-state index contributed by atoms with van der Waals surface area (Å²) in [6.07, 6.45) is 2.91. The number of hydrogen-bond acceptors (Lipinski definition) is 3. The molecule has 0 aromatic rings. The van der Waals surface area contributed by atoms with Crippen molar-refractivity contribution in [3.8, 4) is 0 Å². The third kappa shape index (κ3) is 4.89. The number of amides is 1. The lowest BCUT2D eigenvalue weighted by molar-refractivity contribution is -0.130. The molecule has 0 aromatic carbocycles. The molecule has 1 aliphatic heterocycles. The van der Waals surface area contributed by atoms with Crippen molar-refractivity contribution in [2.45, 2.75) is 32.2 Å². The molecule has 0 bridgehead atoms. The summed E-state index contributed by atoms with van der Waals surface area (Å²) in [4.78, 5) is 13.7. The predicted molar refractivity (Wildman–Crippen MR) is 66.3 cm³/mol. The summed E-state index contributed by atoms with van der Waals surface area (Å²) in [5.74, 6) is 2.53. The van der Waals surface area contributed by atoms with Gasteiger partial charge in [-0.25, -0.2) is 0 Å². The first-order valence-electron chi connectivity index (χ1n) is 5.79. The van der Waals surface area contributed by atoms with Gasteiger partial charge in [-0.2, -0.15) is 11.8 Å². The third-order valence-corrected chi connectivity index (χ3v) is 3.82. The molecule has 0 aliphatic carbocycles. The molecular weight excluding hydrogens is 208 g/mol. The Bertz CT molecular complexity index is 193. The average molecular weight is 230 g/mol. The van der Waals surface area contributed by atoms with E-state index < -0.39 is 0 Å². The Morgan fingerprint density at radius 3 is 3.00 bits per heavy atom. The van der Waals surface area contributed by atoms with Crippen molar-refractivity contribution in [3.63, 3.8) is 0 Å². The summed E-state index contributed by atoms with van der Waals surface area (Å²) in [7, 11) is 1.91. The van der Waals surface area contributed by atoms with Crippen LogP contribution in [0.15, 0.2) is 0 Å². The number of nitrogens with zero attached hydrogens (tertiary/aromatic N) is 1. The highest BCUT2D eigenvalue weighted by atomic mass is 32.2. The molecule has 0 saturated carbocycles. The van der Waals surface area contributed by atoms with Gasteiger partial charge in [-0.3, -0.25) is 4.79 Å². The summed E-state index contributed by atoms with van der Waals surface area (Å²) >= 11 is 1.94. The van der Waals surface area contributed by atoms with Gasteiger partial charge in [0.25, 0.3) is 0 Å². The van der Waals surface area contributed by atoms with Gasteiger partial charge in [0.05, 0.1) is 0 Å². The minimum atomic E-state index is 0.281. The summed E-state index contributed by atoms with van der Waals surface area (Å²) in [5.41, 5.74) is 0. The lowest BCUT2D eigenvalue weighted by Crippen LogP contribution is -2.41. The number of carbonyl (C=O) groups excluding carboxylic acids is 1. The van der Waals surface area contributed by atoms with Crippen molar-refractivity contribution < 1.29 is 4.79 Å². The van der Waals surface area contributed by atoms with Gasteiger partial charge in [0.15, 0.2) is 0 Å². The summed E-state index contributed by atoms with van der Waals surface area (Å²) in [6, 6.07) is 0.389. The van der Waals surface area contributed by atoms with Crippen molar-refractivity contribution in [2.75, 3.05) is 31.6 Å². The number of hydrogen-bond donors (Lipinski definition) is 1. The van der Waals surface area contributed by atoms with E-state index in [0.717, 1.165) is 31.7 Å². The molecule has 1 unspecified atom stereocenters. The zero-order valence-corrected chi connectivity index (χ0v) is 10.6. The molecule has 1 fully saturated rings. The maximum atomic E-state index is 11.8. The second-order valence-electron chi connectivity index (χ2n) is 4.10. The number of carbonyl (C=O) groups is 1. The lowest BCUT2D eigenvalue weighted by Gasteiger charge is -2.25. The fourth-order valence-corrected chi connectivity index (χ4v) is 2.59.